The topological polar surface area (TPSA) is 58.9 Å². The van der Waals surface area contributed by atoms with Gasteiger partial charge in [-0.15, -0.1) is 0 Å². The maximum absolute atomic E-state index is 9.39. The Balaban J connectivity index is 2.19. The van der Waals surface area contributed by atoms with Crippen molar-refractivity contribution in [2.24, 2.45) is 0 Å². The quantitative estimate of drug-likeness (QED) is 0.696. The molecule has 3 aromatic rings. The van der Waals surface area contributed by atoms with Crippen LogP contribution >= 0.6 is 11.3 Å². The zero-order valence-corrected chi connectivity index (χ0v) is 8.98. The zero-order valence-electron chi connectivity index (χ0n) is 8.16. The maximum Gasteiger partial charge on any atom is 0.190 e. The first-order valence-corrected chi connectivity index (χ1v) is 5.51. The van der Waals surface area contributed by atoms with Crippen molar-refractivity contribution in [3.63, 3.8) is 0 Å². The molecule has 3 rings (SSSR count). The van der Waals surface area contributed by atoms with Crippen molar-refractivity contribution in [3.05, 3.63) is 36.7 Å². The Morgan fingerprint density at radius 2 is 2.00 bits per heavy atom. The molecule has 0 atom stereocenters. The van der Waals surface area contributed by atoms with E-state index in [4.69, 9.17) is 0 Å². The number of aromatic hydroxyl groups is 1. The highest BCUT2D eigenvalue weighted by Gasteiger charge is 2.07. The summed E-state index contributed by atoms with van der Waals surface area (Å²) in [5.41, 5.74) is 1.52. The Morgan fingerprint density at radius 3 is 2.81 bits per heavy atom. The molecule has 1 aromatic carbocycles. The molecule has 0 bridgehead atoms. The van der Waals surface area contributed by atoms with Crippen LogP contribution in [0.3, 0.4) is 0 Å². The highest BCUT2D eigenvalue weighted by molar-refractivity contribution is 7.21. The number of aromatic nitrogens is 3. The van der Waals surface area contributed by atoms with E-state index in [1.165, 1.54) is 11.3 Å². The first-order valence-electron chi connectivity index (χ1n) is 4.70. The summed E-state index contributed by atoms with van der Waals surface area (Å²) < 4.78 is 0. The Labute approximate surface area is 95.3 Å². The standard InChI is InChI=1S/C11H7N3OS/c15-8-3-1-2-7(6-8)10-14-9-11(16-10)13-5-4-12-9/h1-6,15H. The largest absolute Gasteiger partial charge is 0.508 e. The second kappa shape index (κ2) is 3.53. The number of thiazole rings is 1. The third-order valence-electron chi connectivity index (χ3n) is 2.14. The van der Waals surface area contributed by atoms with E-state index < -0.39 is 0 Å². The van der Waals surface area contributed by atoms with Crippen LogP contribution in [0.4, 0.5) is 0 Å². The van der Waals surface area contributed by atoms with Crippen LogP contribution in [0, 0.1) is 0 Å². The van der Waals surface area contributed by atoms with Gasteiger partial charge in [0.05, 0.1) is 0 Å². The van der Waals surface area contributed by atoms with Crippen LogP contribution in [0.25, 0.3) is 21.0 Å². The molecule has 16 heavy (non-hydrogen) atoms. The molecule has 2 aromatic heterocycles. The summed E-state index contributed by atoms with van der Waals surface area (Å²) in [4.78, 5) is 13.5. The molecule has 0 unspecified atom stereocenters. The lowest BCUT2D eigenvalue weighted by Gasteiger charge is -1.95. The van der Waals surface area contributed by atoms with E-state index in [-0.39, 0.29) is 5.75 Å². The summed E-state index contributed by atoms with van der Waals surface area (Å²) in [6.45, 7) is 0. The molecule has 0 aliphatic carbocycles. The normalized spacial score (nSPS) is 10.8. The minimum atomic E-state index is 0.234. The first-order chi connectivity index (χ1) is 7.83. The van der Waals surface area contributed by atoms with E-state index in [9.17, 15) is 5.11 Å². The average molecular weight is 229 g/mol. The highest BCUT2D eigenvalue weighted by atomic mass is 32.1. The summed E-state index contributed by atoms with van der Waals surface area (Å²) in [6.07, 6.45) is 3.26. The van der Waals surface area contributed by atoms with Gasteiger partial charge in [0.25, 0.3) is 0 Å². The molecule has 0 spiro atoms. The van der Waals surface area contributed by atoms with E-state index in [2.05, 4.69) is 15.0 Å². The summed E-state index contributed by atoms with van der Waals surface area (Å²) in [5.74, 6) is 0.234. The van der Waals surface area contributed by atoms with Gasteiger partial charge in [-0.05, 0) is 12.1 Å². The van der Waals surface area contributed by atoms with Gasteiger partial charge in [-0.2, -0.15) is 0 Å². The number of benzene rings is 1. The fourth-order valence-electron chi connectivity index (χ4n) is 1.44. The Kier molecular flexibility index (Phi) is 2.04. The number of rotatable bonds is 1. The van der Waals surface area contributed by atoms with Crippen LogP contribution < -0.4 is 0 Å². The van der Waals surface area contributed by atoms with E-state index in [1.54, 1.807) is 30.6 Å². The SMILES string of the molecule is Oc1cccc(-c2nc3nccnc3s2)c1. The van der Waals surface area contributed by atoms with Gasteiger partial charge in [0, 0.05) is 18.0 Å². The monoisotopic (exact) mass is 229 g/mol. The lowest BCUT2D eigenvalue weighted by Crippen LogP contribution is -1.78. The molecule has 0 saturated carbocycles. The molecule has 2 heterocycles. The molecule has 0 radical (unpaired) electrons. The van der Waals surface area contributed by atoms with E-state index >= 15 is 0 Å². The van der Waals surface area contributed by atoms with Crippen LogP contribution in [0.1, 0.15) is 0 Å². The minimum Gasteiger partial charge on any atom is -0.508 e. The predicted molar refractivity (Wildman–Crippen MR) is 62.3 cm³/mol. The molecule has 0 aliphatic heterocycles. The van der Waals surface area contributed by atoms with Crippen LogP contribution in [-0.2, 0) is 0 Å². The second-order valence-corrected chi connectivity index (χ2v) is 4.23. The zero-order chi connectivity index (χ0) is 11.0. The van der Waals surface area contributed by atoms with Gasteiger partial charge in [0.15, 0.2) is 10.5 Å². The molecule has 4 nitrogen and oxygen atoms in total. The van der Waals surface area contributed by atoms with Crippen LogP contribution in [0.5, 0.6) is 5.75 Å². The van der Waals surface area contributed by atoms with Crippen LogP contribution in [-0.4, -0.2) is 20.1 Å². The molecular formula is C11H7N3OS. The number of fused-ring (bicyclic) bond motifs is 1. The van der Waals surface area contributed by atoms with Crippen molar-refractivity contribution < 1.29 is 5.11 Å². The lowest BCUT2D eigenvalue weighted by molar-refractivity contribution is 0.475. The van der Waals surface area contributed by atoms with Crippen molar-refractivity contribution in [1.82, 2.24) is 15.0 Å². The fourth-order valence-corrected chi connectivity index (χ4v) is 2.30. The number of nitrogens with zero attached hydrogens (tertiary/aromatic N) is 3. The number of hydrogen-bond donors (Lipinski definition) is 1. The van der Waals surface area contributed by atoms with Gasteiger partial charge in [-0.1, -0.05) is 23.5 Å². The molecule has 5 heteroatoms. The molecule has 78 valence electrons. The Hall–Kier alpha value is -2.01. The summed E-state index contributed by atoms with van der Waals surface area (Å²) in [6, 6.07) is 7.00. The van der Waals surface area contributed by atoms with Gasteiger partial charge < -0.3 is 5.11 Å². The Morgan fingerprint density at radius 1 is 1.12 bits per heavy atom. The third kappa shape index (κ3) is 1.51. The third-order valence-corrected chi connectivity index (χ3v) is 3.14. The summed E-state index contributed by atoms with van der Waals surface area (Å²) in [7, 11) is 0. The highest BCUT2D eigenvalue weighted by Crippen LogP contribution is 2.29. The molecule has 0 amide bonds. The van der Waals surface area contributed by atoms with Crippen molar-refractivity contribution >= 4 is 21.8 Å². The van der Waals surface area contributed by atoms with E-state index in [1.807, 2.05) is 6.07 Å². The number of hydrogen-bond acceptors (Lipinski definition) is 5. The predicted octanol–water partition coefficient (Wildman–Crippen LogP) is 2.46. The van der Waals surface area contributed by atoms with E-state index in [0.29, 0.717) is 5.65 Å². The first kappa shape index (κ1) is 9.23. The van der Waals surface area contributed by atoms with Gasteiger partial charge >= 0.3 is 0 Å². The van der Waals surface area contributed by atoms with Crippen LogP contribution in [0.15, 0.2) is 36.7 Å². The smallest absolute Gasteiger partial charge is 0.190 e. The summed E-state index contributed by atoms with van der Waals surface area (Å²) >= 11 is 1.46. The van der Waals surface area contributed by atoms with Crippen molar-refractivity contribution in [1.29, 1.82) is 0 Å². The van der Waals surface area contributed by atoms with Crippen molar-refractivity contribution in [2.75, 3.05) is 0 Å². The number of phenols is 1. The lowest BCUT2D eigenvalue weighted by atomic mass is 10.2. The molecular weight excluding hydrogens is 222 g/mol. The summed E-state index contributed by atoms with van der Waals surface area (Å²) in [5, 5.41) is 10.2. The molecule has 0 saturated heterocycles. The second-order valence-electron chi connectivity index (χ2n) is 3.25. The van der Waals surface area contributed by atoms with Gasteiger partial charge in [0.1, 0.15) is 10.8 Å². The fraction of sp³-hybridized carbons (Fsp3) is 0. The van der Waals surface area contributed by atoms with Gasteiger partial charge in [0.2, 0.25) is 0 Å². The average Bonchev–Trinajstić information content (AvgIpc) is 2.72. The molecule has 0 fully saturated rings. The molecule has 0 aliphatic rings. The van der Waals surface area contributed by atoms with Gasteiger partial charge in [-0.25, -0.2) is 15.0 Å². The van der Waals surface area contributed by atoms with Gasteiger partial charge in [-0.3, -0.25) is 0 Å². The number of phenolic OH excluding ortho intramolecular Hbond substituents is 1. The minimum absolute atomic E-state index is 0.234. The van der Waals surface area contributed by atoms with Crippen molar-refractivity contribution in [3.8, 4) is 16.3 Å². The maximum atomic E-state index is 9.39. The Bertz CT molecular complexity index is 617. The molecule has 1 N–H and O–H groups in total. The van der Waals surface area contributed by atoms with Crippen LogP contribution in [0.2, 0.25) is 0 Å². The van der Waals surface area contributed by atoms with E-state index in [0.717, 1.165) is 15.4 Å². The van der Waals surface area contributed by atoms with Crippen molar-refractivity contribution in [2.45, 2.75) is 0 Å².